The molecule has 0 bridgehead atoms. The minimum absolute atomic E-state index is 0.0321. The molecule has 0 radical (unpaired) electrons. The summed E-state index contributed by atoms with van der Waals surface area (Å²) in [6, 6.07) is 15.1. The van der Waals surface area contributed by atoms with Crippen LogP contribution >= 0.6 is 0 Å². The number of halogens is 3. The van der Waals surface area contributed by atoms with Gasteiger partial charge in [0.05, 0.1) is 12.0 Å². The van der Waals surface area contributed by atoms with E-state index >= 15 is 0 Å². The SMILES string of the molecule is O=C(O)CC1CCN(C(=O)Cc2ccccc2)CC1CCN1CCN(c2cccc(C(F)(F)F)c2)CC1. The topological polar surface area (TPSA) is 64.1 Å². The molecule has 2 fully saturated rings. The highest BCUT2D eigenvalue weighted by molar-refractivity contribution is 5.79. The maximum absolute atomic E-state index is 13.1. The summed E-state index contributed by atoms with van der Waals surface area (Å²) >= 11 is 0. The van der Waals surface area contributed by atoms with E-state index in [0.29, 0.717) is 44.7 Å². The second kappa shape index (κ2) is 12.0. The van der Waals surface area contributed by atoms with Crippen molar-refractivity contribution in [1.29, 1.82) is 0 Å². The highest BCUT2D eigenvalue weighted by Gasteiger charge is 2.34. The van der Waals surface area contributed by atoms with Crippen LogP contribution in [0.25, 0.3) is 0 Å². The van der Waals surface area contributed by atoms with Gasteiger partial charge in [-0.25, -0.2) is 0 Å². The average Bonchev–Trinajstić information content (AvgIpc) is 2.88. The lowest BCUT2D eigenvalue weighted by molar-refractivity contribution is -0.140. The minimum Gasteiger partial charge on any atom is -0.481 e. The molecule has 2 heterocycles. The zero-order chi connectivity index (χ0) is 26.4. The molecule has 200 valence electrons. The van der Waals surface area contributed by atoms with E-state index in [-0.39, 0.29) is 24.2 Å². The summed E-state index contributed by atoms with van der Waals surface area (Å²) in [7, 11) is 0. The van der Waals surface area contributed by atoms with Gasteiger partial charge in [-0.1, -0.05) is 36.4 Å². The van der Waals surface area contributed by atoms with Crippen LogP contribution in [0, 0.1) is 11.8 Å². The first-order valence-corrected chi connectivity index (χ1v) is 12.9. The Bertz CT molecular complexity index is 1060. The number of carboxylic acids is 1. The highest BCUT2D eigenvalue weighted by atomic mass is 19.4. The minimum atomic E-state index is -4.36. The van der Waals surface area contributed by atoms with E-state index in [1.807, 2.05) is 40.1 Å². The van der Waals surface area contributed by atoms with Gasteiger partial charge in [0.25, 0.3) is 0 Å². The van der Waals surface area contributed by atoms with Crippen molar-refractivity contribution in [3.8, 4) is 0 Å². The molecular weight excluding hydrogens is 483 g/mol. The van der Waals surface area contributed by atoms with Crippen LogP contribution in [0.4, 0.5) is 18.9 Å². The first-order chi connectivity index (χ1) is 17.7. The fraction of sp³-hybridized carbons (Fsp3) is 0.500. The lowest BCUT2D eigenvalue weighted by Gasteiger charge is -2.40. The number of piperazine rings is 1. The molecule has 2 aromatic rings. The van der Waals surface area contributed by atoms with Gasteiger partial charge in [0, 0.05) is 51.4 Å². The Morgan fingerprint density at radius 1 is 0.919 bits per heavy atom. The number of amides is 1. The normalized spacial score (nSPS) is 21.2. The fourth-order valence-corrected chi connectivity index (χ4v) is 5.47. The van der Waals surface area contributed by atoms with Crippen molar-refractivity contribution in [2.75, 3.05) is 50.7 Å². The fourth-order valence-electron chi connectivity index (χ4n) is 5.47. The smallest absolute Gasteiger partial charge is 0.416 e. The Morgan fingerprint density at radius 2 is 1.65 bits per heavy atom. The van der Waals surface area contributed by atoms with Crippen molar-refractivity contribution in [3.63, 3.8) is 0 Å². The summed E-state index contributed by atoms with van der Waals surface area (Å²) in [4.78, 5) is 30.5. The van der Waals surface area contributed by atoms with E-state index in [1.165, 1.54) is 12.1 Å². The van der Waals surface area contributed by atoms with E-state index in [4.69, 9.17) is 0 Å². The summed E-state index contributed by atoms with van der Waals surface area (Å²) < 4.78 is 39.3. The third-order valence-electron chi connectivity index (χ3n) is 7.61. The van der Waals surface area contributed by atoms with Crippen molar-refractivity contribution >= 4 is 17.6 Å². The van der Waals surface area contributed by atoms with Crippen molar-refractivity contribution < 1.29 is 27.9 Å². The van der Waals surface area contributed by atoms with Gasteiger partial charge in [0.15, 0.2) is 0 Å². The van der Waals surface area contributed by atoms with Crippen molar-refractivity contribution in [2.45, 2.75) is 31.9 Å². The number of benzene rings is 2. The van der Waals surface area contributed by atoms with Crippen molar-refractivity contribution in [3.05, 3.63) is 65.7 Å². The number of carbonyl (C=O) groups excluding carboxylic acids is 1. The molecule has 2 aromatic carbocycles. The average molecular weight is 518 g/mol. The van der Waals surface area contributed by atoms with Gasteiger partial charge in [-0.15, -0.1) is 0 Å². The van der Waals surface area contributed by atoms with E-state index in [1.54, 1.807) is 6.07 Å². The van der Waals surface area contributed by atoms with Crippen LogP contribution in [0.3, 0.4) is 0 Å². The predicted molar refractivity (Wildman–Crippen MR) is 135 cm³/mol. The number of carboxylic acid groups (broad SMARTS) is 1. The summed E-state index contributed by atoms with van der Waals surface area (Å²) in [6.07, 6.45) is -2.44. The Balaban J connectivity index is 1.31. The Kier molecular flexibility index (Phi) is 8.74. The predicted octanol–water partition coefficient (Wildman–Crippen LogP) is 4.40. The third kappa shape index (κ3) is 7.47. The van der Waals surface area contributed by atoms with Crippen LogP contribution in [-0.4, -0.2) is 72.6 Å². The molecule has 2 unspecified atom stereocenters. The molecule has 0 aliphatic carbocycles. The van der Waals surface area contributed by atoms with Crippen LogP contribution in [-0.2, 0) is 22.2 Å². The molecule has 0 spiro atoms. The third-order valence-corrected chi connectivity index (χ3v) is 7.61. The summed E-state index contributed by atoms with van der Waals surface area (Å²) in [5.74, 6) is -0.607. The summed E-state index contributed by atoms with van der Waals surface area (Å²) in [5.41, 5.74) is 0.909. The van der Waals surface area contributed by atoms with Gasteiger partial charge in [-0.2, -0.15) is 13.2 Å². The van der Waals surface area contributed by atoms with E-state index in [0.717, 1.165) is 37.7 Å². The number of carbonyl (C=O) groups is 2. The molecule has 0 aromatic heterocycles. The molecule has 2 saturated heterocycles. The number of aliphatic carboxylic acids is 1. The van der Waals surface area contributed by atoms with Gasteiger partial charge < -0.3 is 14.9 Å². The van der Waals surface area contributed by atoms with Gasteiger partial charge in [-0.05, 0) is 55.0 Å². The summed E-state index contributed by atoms with van der Waals surface area (Å²) in [6.45, 7) is 4.63. The van der Waals surface area contributed by atoms with Crippen LogP contribution < -0.4 is 4.90 Å². The molecule has 6 nitrogen and oxygen atoms in total. The maximum Gasteiger partial charge on any atom is 0.416 e. The van der Waals surface area contributed by atoms with E-state index in [9.17, 15) is 27.9 Å². The van der Waals surface area contributed by atoms with Crippen molar-refractivity contribution in [1.82, 2.24) is 9.80 Å². The molecule has 9 heteroatoms. The molecule has 4 rings (SSSR count). The monoisotopic (exact) mass is 517 g/mol. The van der Waals surface area contributed by atoms with Gasteiger partial charge >= 0.3 is 12.1 Å². The van der Waals surface area contributed by atoms with Crippen LogP contribution in [0.15, 0.2) is 54.6 Å². The molecule has 1 amide bonds. The summed E-state index contributed by atoms with van der Waals surface area (Å²) in [5, 5.41) is 9.41. The standard InChI is InChI=1S/C28H34F3N3O3/c29-28(30,31)24-7-4-8-25(19-24)33-15-13-32(14-16-33)11-9-23-20-34(12-10-22(23)18-27(36)37)26(35)17-21-5-2-1-3-6-21/h1-8,19,22-23H,9-18,20H2,(H,36,37). The molecule has 2 atom stereocenters. The number of alkyl halides is 3. The zero-order valence-corrected chi connectivity index (χ0v) is 20.9. The van der Waals surface area contributed by atoms with E-state index in [2.05, 4.69) is 4.90 Å². The number of nitrogens with zero attached hydrogens (tertiary/aromatic N) is 3. The van der Waals surface area contributed by atoms with Crippen molar-refractivity contribution in [2.24, 2.45) is 11.8 Å². The second-order valence-electron chi connectivity index (χ2n) is 10.1. The second-order valence-corrected chi connectivity index (χ2v) is 10.1. The Hall–Kier alpha value is -3.07. The molecule has 2 aliphatic heterocycles. The molecule has 2 aliphatic rings. The first-order valence-electron chi connectivity index (χ1n) is 12.9. The molecular formula is C28H34F3N3O3. The number of anilines is 1. The number of hydrogen-bond donors (Lipinski definition) is 1. The van der Waals surface area contributed by atoms with E-state index < -0.39 is 17.7 Å². The van der Waals surface area contributed by atoms with Crippen LogP contribution in [0.2, 0.25) is 0 Å². The quantitative estimate of drug-likeness (QED) is 0.563. The number of likely N-dealkylation sites (tertiary alicyclic amines) is 1. The Labute approximate surface area is 215 Å². The Morgan fingerprint density at radius 3 is 2.32 bits per heavy atom. The largest absolute Gasteiger partial charge is 0.481 e. The zero-order valence-electron chi connectivity index (χ0n) is 20.9. The van der Waals surface area contributed by atoms with Gasteiger partial charge in [-0.3, -0.25) is 14.5 Å². The lowest BCUT2D eigenvalue weighted by Crippen LogP contribution is -2.49. The number of rotatable bonds is 8. The maximum atomic E-state index is 13.1. The molecule has 37 heavy (non-hydrogen) atoms. The van der Waals surface area contributed by atoms with Gasteiger partial charge in [0.1, 0.15) is 0 Å². The molecule has 1 N–H and O–H groups in total. The van der Waals surface area contributed by atoms with Gasteiger partial charge in [0.2, 0.25) is 5.91 Å². The lowest BCUT2D eigenvalue weighted by atomic mass is 9.81. The molecule has 0 saturated carbocycles. The number of hydrogen-bond acceptors (Lipinski definition) is 4. The number of piperidine rings is 1. The first kappa shape index (κ1) is 27.0. The van der Waals surface area contributed by atoms with Crippen LogP contribution in [0.1, 0.15) is 30.4 Å². The van der Waals surface area contributed by atoms with Crippen LogP contribution in [0.5, 0.6) is 0 Å². The highest BCUT2D eigenvalue weighted by Crippen LogP contribution is 2.32.